The van der Waals surface area contributed by atoms with Crippen molar-refractivity contribution in [2.75, 3.05) is 7.11 Å². The van der Waals surface area contributed by atoms with Gasteiger partial charge in [-0.1, -0.05) is 26.0 Å². The van der Waals surface area contributed by atoms with Crippen molar-refractivity contribution in [1.29, 1.82) is 0 Å². The van der Waals surface area contributed by atoms with Crippen molar-refractivity contribution in [1.82, 2.24) is 9.55 Å². The lowest BCUT2D eigenvalue weighted by molar-refractivity contribution is -0.0377. The maximum Gasteiger partial charge on any atom is 0.112 e. The zero-order valence-electron chi connectivity index (χ0n) is 12.7. The Hall–Kier alpha value is -1.39. The molecule has 0 aliphatic heterocycles. The summed E-state index contributed by atoms with van der Waals surface area (Å²) in [6.45, 7) is 7.06. The first kappa shape index (κ1) is 15.0. The van der Waals surface area contributed by atoms with E-state index in [1.165, 1.54) is 0 Å². The molecule has 1 N–H and O–H groups in total. The van der Waals surface area contributed by atoms with Gasteiger partial charge in [0.05, 0.1) is 23.2 Å². The summed E-state index contributed by atoms with van der Waals surface area (Å²) >= 11 is 0. The monoisotopic (exact) mass is 276 g/mol. The second-order valence-electron chi connectivity index (χ2n) is 5.48. The van der Waals surface area contributed by atoms with Crippen LogP contribution < -0.4 is 0 Å². The summed E-state index contributed by atoms with van der Waals surface area (Å²) < 4.78 is 7.56. The molecule has 0 amide bonds. The van der Waals surface area contributed by atoms with Gasteiger partial charge in [0, 0.05) is 20.1 Å². The molecule has 4 heteroatoms. The zero-order chi connectivity index (χ0) is 14.7. The first-order valence-corrected chi connectivity index (χ1v) is 7.23. The number of imidazole rings is 1. The van der Waals surface area contributed by atoms with Gasteiger partial charge in [-0.3, -0.25) is 0 Å². The lowest BCUT2D eigenvalue weighted by Crippen LogP contribution is -2.35. The first-order chi connectivity index (χ1) is 9.58. The standard InChI is InChI=1S/C16H24N2O2/c1-5-18-13-9-7-6-8-12(13)17-15(18)10-14(19)16(20-4)11(2)3/h6-9,11,14,16,19H,5,10H2,1-4H3. The number of methoxy groups -OCH3 is 1. The summed E-state index contributed by atoms with van der Waals surface area (Å²) in [5, 5.41) is 10.4. The number of para-hydroxylation sites is 2. The Morgan fingerprint density at radius 3 is 2.60 bits per heavy atom. The molecule has 0 aliphatic rings. The second-order valence-corrected chi connectivity index (χ2v) is 5.48. The minimum atomic E-state index is -0.540. The lowest BCUT2D eigenvalue weighted by atomic mass is 9.99. The number of hydrogen-bond acceptors (Lipinski definition) is 3. The Bertz CT molecular complexity index is 563. The van der Waals surface area contributed by atoms with E-state index >= 15 is 0 Å². The molecule has 2 aromatic rings. The molecule has 0 fully saturated rings. The molecule has 0 bridgehead atoms. The van der Waals surface area contributed by atoms with Crippen LogP contribution in [0.1, 0.15) is 26.6 Å². The molecule has 0 saturated heterocycles. The van der Waals surface area contributed by atoms with Crippen LogP contribution in [0.15, 0.2) is 24.3 Å². The van der Waals surface area contributed by atoms with E-state index < -0.39 is 6.10 Å². The van der Waals surface area contributed by atoms with Gasteiger partial charge < -0.3 is 14.4 Å². The van der Waals surface area contributed by atoms with Crippen LogP contribution >= 0.6 is 0 Å². The number of ether oxygens (including phenoxy) is 1. The average Bonchev–Trinajstić information content (AvgIpc) is 2.75. The highest BCUT2D eigenvalue weighted by Crippen LogP contribution is 2.19. The zero-order valence-corrected chi connectivity index (χ0v) is 12.7. The highest BCUT2D eigenvalue weighted by atomic mass is 16.5. The quantitative estimate of drug-likeness (QED) is 0.882. The first-order valence-electron chi connectivity index (χ1n) is 7.23. The van der Waals surface area contributed by atoms with E-state index in [1.807, 2.05) is 18.2 Å². The molecular formula is C16H24N2O2. The largest absolute Gasteiger partial charge is 0.390 e. The number of nitrogens with zero attached hydrogens (tertiary/aromatic N) is 2. The fourth-order valence-electron chi connectivity index (χ4n) is 2.81. The number of aliphatic hydroxyl groups excluding tert-OH is 1. The summed E-state index contributed by atoms with van der Waals surface area (Å²) in [6, 6.07) is 8.08. The highest BCUT2D eigenvalue weighted by Gasteiger charge is 2.24. The molecule has 2 rings (SSSR count). The predicted octanol–water partition coefficient (Wildman–Crippen LogP) is 2.63. The molecule has 4 nitrogen and oxygen atoms in total. The van der Waals surface area contributed by atoms with Gasteiger partial charge in [0.15, 0.2) is 0 Å². The van der Waals surface area contributed by atoms with Gasteiger partial charge in [-0.05, 0) is 25.0 Å². The topological polar surface area (TPSA) is 47.3 Å². The van der Waals surface area contributed by atoms with Gasteiger partial charge in [-0.25, -0.2) is 4.98 Å². The molecule has 2 unspecified atom stereocenters. The number of aliphatic hydroxyl groups is 1. The number of hydrogen-bond donors (Lipinski definition) is 1. The molecule has 110 valence electrons. The third-order valence-electron chi connectivity index (χ3n) is 3.75. The summed E-state index contributed by atoms with van der Waals surface area (Å²) in [6.07, 6.45) is -0.193. The highest BCUT2D eigenvalue weighted by molar-refractivity contribution is 5.75. The molecule has 1 aromatic carbocycles. The van der Waals surface area contributed by atoms with E-state index in [0.717, 1.165) is 23.4 Å². The molecule has 0 spiro atoms. The fraction of sp³-hybridized carbons (Fsp3) is 0.562. The van der Waals surface area contributed by atoms with Gasteiger partial charge in [0.25, 0.3) is 0 Å². The number of benzene rings is 1. The summed E-state index contributed by atoms with van der Waals surface area (Å²) in [7, 11) is 1.65. The van der Waals surface area contributed by atoms with E-state index in [-0.39, 0.29) is 12.0 Å². The summed E-state index contributed by atoms with van der Waals surface area (Å²) in [5.74, 6) is 1.19. The number of fused-ring (bicyclic) bond motifs is 1. The third-order valence-corrected chi connectivity index (χ3v) is 3.75. The molecule has 0 saturated carbocycles. The fourth-order valence-corrected chi connectivity index (χ4v) is 2.81. The van der Waals surface area contributed by atoms with Crippen molar-refractivity contribution in [3.63, 3.8) is 0 Å². The van der Waals surface area contributed by atoms with Crippen molar-refractivity contribution in [2.24, 2.45) is 5.92 Å². The van der Waals surface area contributed by atoms with Crippen LogP contribution in [-0.4, -0.2) is 34.0 Å². The lowest BCUT2D eigenvalue weighted by Gasteiger charge is -2.24. The molecule has 1 aromatic heterocycles. The molecule has 2 atom stereocenters. The molecular weight excluding hydrogens is 252 g/mol. The van der Waals surface area contributed by atoms with Crippen LogP contribution in [0.3, 0.4) is 0 Å². The van der Waals surface area contributed by atoms with Gasteiger partial charge in [-0.2, -0.15) is 0 Å². The van der Waals surface area contributed by atoms with Crippen molar-refractivity contribution < 1.29 is 9.84 Å². The Morgan fingerprint density at radius 1 is 1.30 bits per heavy atom. The number of aryl methyl sites for hydroxylation is 1. The van der Waals surface area contributed by atoms with E-state index in [1.54, 1.807) is 7.11 Å². The Kier molecular flexibility index (Phi) is 4.78. The molecule has 1 heterocycles. The van der Waals surface area contributed by atoms with Crippen LogP contribution in [0.25, 0.3) is 11.0 Å². The van der Waals surface area contributed by atoms with E-state index in [0.29, 0.717) is 6.42 Å². The molecule has 20 heavy (non-hydrogen) atoms. The maximum atomic E-state index is 10.4. The van der Waals surface area contributed by atoms with E-state index in [9.17, 15) is 5.11 Å². The second kappa shape index (κ2) is 6.37. The average molecular weight is 276 g/mol. The molecule has 0 aliphatic carbocycles. The predicted molar refractivity (Wildman–Crippen MR) is 80.8 cm³/mol. The normalized spacial score (nSPS) is 14.9. The van der Waals surface area contributed by atoms with Crippen molar-refractivity contribution in [3.8, 4) is 0 Å². The Balaban J connectivity index is 2.29. The SMILES string of the molecule is CCn1c(CC(O)C(OC)C(C)C)nc2ccccc21. The van der Waals surface area contributed by atoms with Gasteiger partial charge in [0.1, 0.15) is 5.82 Å². The van der Waals surface area contributed by atoms with Gasteiger partial charge in [0.2, 0.25) is 0 Å². The van der Waals surface area contributed by atoms with Crippen LogP contribution in [0.5, 0.6) is 0 Å². The van der Waals surface area contributed by atoms with Crippen LogP contribution in [0.4, 0.5) is 0 Å². The van der Waals surface area contributed by atoms with E-state index in [4.69, 9.17) is 4.74 Å². The van der Waals surface area contributed by atoms with E-state index in [2.05, 4.69) is 36.4 Å². The minimum absolute atomic E-state index is 0.167. The minimum Gasteiger partial charge on any atom is -0.390 e. The van der Waals surface area contributed by atoms with Crippen LogP contribution in [-0.2, 0) is 17.7 Å². The van der Waals surface area contributed by atoms with Crippen LogP contribution in [0, 0.1) is 5.92 Å². The third kappa shape index (κ3) is 2.86. The number of rotatable bonds is 6. The smallest absolute Gasteiger partial charge is 0.112 e. The van der Waals surface area contributed by atoms with Crippen molar-refractivity contribution >= 4 is 11.0 Å². The summed E-state index contributed by atoms with van der Waals surface area (Å²) in [5.41, 5.74) is 2.10. The number of aromatic nitrogens is 2. The summed E-state index contributed by atoms with van der Waals surface area (Å²) in [4.78, 5) is 4.65. The Morgan fingerprint density at radius 2 is 2.00 bits per heavy atom. The van der Waals surface area contributed by atoms with Gasteiger partial charge in [-0.15, -0.1) is 0 Å². The van der Waals surface area contributed by atoms with Crippen molar-refractivity contribution in [2.45, 2.75) is 45.9 Å². The van der Waals surface area contributed by atoms with Crippen molar-refractivity contribution in [3.05, 3.63) is 30.1 Å². The van der Waals surface area contributed by atoms with Crippen LogP contribution in [0.2, 0.25) is 0 Å². The Labute approximate surface area is 120 Å². The maximum absolute atomic E-state index is 10.4. The molecule has 0 radical (unpaired) electrons. The van der Waals surface area contributed by atoms with Gasteiger partial charge >= 0.3 is 0 Å².